The maximum atomic E-state index is 12.8. The fraction of sp³-hybridized carbons (Fsp3) is 0.579. The van der Waals surface area contributed by atoms with Gasteiger partial charge in [-0.15, -0.1) is 0 Å². The Bertz CT molecular complexity index is 790. The molecule has 0 spiro atoms. The third kappa shape index (κ3) is 5.45. The minimum absolute atomic E-state index is 0.143. The van der Waals surface area contributed by atoms with Crippen LogP contribution >= 0.6 is 0 Å². The number of rotatable bonds is 5. The van der Waals surface area contributed by atoms with Gasteiger partial charge in [-0.2, -0.15) is 0 Å². The van der Waals surface area contributed by atoms with Gasteiger partial charge in [0.2, 0.25) is 10.0 Å². The van der Waals surface area contributed by atoms with Gasteiger partial charge in [-0.1, -0.05) is 13.8 Å². The van der Waals surface area contributed by atoms with Gasteiger partial charge < -0.3 is 14.5 Å². The van der Waals surface area contributed by atoms with E-state index in [9.17, 15) is 18.0 Å². The molecule has 1 aliphatic heterocycles. The van der Waals surface area contributed by atoms with Crippen LogP contribution in [-0.4, -0.2) is 81.4 Å². The third-order valence-electron chi connectivity index (χ3n) is 4.46. The van der Waals surface area contributed by atoms with Crippen molar-refractivity contribution in [3.05, 3.63) is 29.8 Å². The van der Waals surface area contributed by atoms with Crippen LogP contribution in [0.5, 0.6) is 0 Å². The van der Waals surface area contributed by atoms with E-state index < -0.39 is 10.0 Å². The molecule has 9 heteroatoms. The van der Waals surface area contributed by atoms with Crippen LogP contribution in [0.4, 0.5) is 4.79 Å². The molecule has 1 fully saturated rings. The zero-order valence-corrected chi connectivity index (χ0v) is 17.7. The van der Waals surface area contributed by atoms with Gasteiger partial charge in [0.1, 0.15) is 0 Å². The Morgan fingerprint density at radius 2 is 1.61 bits per heavy atom. The fourth-order valence-corrected chi connectivity index (χ4v) is 3.70. The summed E-state index contributed by atoms with van der Waals surface area (Å²) in [5.74, 6) is 0.0967. The number of hydrogen-bond donors (Lipinski definition) is 0. The number of amides is 2. The lowest BCUT2D eigenvalue weighted by Gasteiger charge is -2.22. The number of sulfonamides is 1. The lowest BCUT2D eigenvalue weighted by molar-refractivity contribution is 0.0746. The quantitative estimate of drug-likeness (QED) is 0.738. The monoisotopic (exact) mass is 411 g/mol. The van der Waals surface area contributed by atoms with Crippen LogP contribution in [0.2, 0.25) is 0 Å². The largest absolute Gasteiger partial charge is 0.449 e. The van der Waals surface area contributed by atoms with Crippen LogP contribution in [0.1, 0.15) is 30.6 Å². The highest BCUT2D eigenvalue weighted by Crippen LogP contribution is 2.16. The van der Waals surface area contributed by atoms with Gasteiger partial charge in [0.25, 0.3) is 5.91 Å². The Morgan fingerprint density at radius 1 is 1.04 bits per heavy atom. The molecule has 0 radical (unpaired) electrons. The SMILES string of the molecule is CC(C)COC(=O)N1CCCN(C(=O)c2ccc(S(=O)(=O)N(C)C)cc2)CC1. The molecule has 1 aliphatic rings. The van der Waals surface area contributed by atoms with E-state index in [1.54, 1.807) is 9.80 Å². The van der Waals surface area contributed by atoms with Crippen molar-refractivity contribution in [2.75, 3.05) is 46.9 Å². The van der Waals surface area contributed by atoms with Crippen LogP contribution < -0.4 is 0 Å². The van der Waals surface area contributed by atoms with Crippen molar-refractivity contribution in [3.8, 4) is 0 Å². The standard InChI is InChI=1S/C19H29N3O5S/c1-15(2)14-27-19(24)22-11-5-10-21(12-13-22)18(23)16-6-8-17(9-7-16)28(25,26)20(3)4/h6-9,15H,5,10-14H2,1-4H3. The molecule has 156 valence electrons. The molecule has 0 N–H and O–H groups in total. The highest BCUT2D eigenvalue weighted by molar-refractivity contribution is 7.89. The first-order chi connectivity index (χ1) is 13.1. The van der Waals surface area contributed by atoms with Gasteiger partial charge in [-0.3, -0.25) is 4.79 Å². The maximum Gasteiger partial charge on any atom is 0.409 e. The second-order valence-corrected chi connectivity index (χ2v) is 9.57. The lowest BCUT2D eigenvalue weighted by Crippen LogP contribution is -2.38. The van der Waals surface area contributed by atoms with E-state index in [0.29, 0.717) is 44.8 Å². The summed E-state index contributed by atoms with van der Waals surface area (Å²) in [4.78, 5) is 28.4. The number of ether oxygens (including phenoxy) is 1. The van der Waals surface area contributed by atoms with Crippen molar-refractivity contribution >= 4 is 22.0 Å². The number of hydrogen-bond acceptors (Lipinski definition) is 5. The van der Waals surface area contributed by atoms with Crippen molar-refractivity contribution in [1.82, 2.24) is 14.1 Å². The Balaban J connectivity index is 2.00. The molecule has 2 rings (SSSR count). The summed E-state index contributed by atoms with van der Waals surface area (Å²) in [7, 11) is -0.604. The van der Waals surface area contributed by atoms with Gasteiger partial charge in [-0.05, 0) is 36.6 Å². The molecule has 1 heterocycles. The van der Waals surface area contributed by atoms with Gasteiger partial charge in [-0.25, -0.2) is 17.5 Å². The molecule has 0 atom stereocenters. The Kier molecular flexibility index (Phi) is 7.42. The molecule has 0 bridgehead atoms. The fourth-order valence-electron chi connectivity index (χ4n) is 2.80. The van der Waals surface area contributed by atoms with E-state index in [4.69, 9.17) is 4.74 Å². The van der Waals surface area contributed by atoms with Crippen molar-refractivity contribution in [1.29, 1.82) is 0 Å². The highest BCUT2D eigenvalue weighted by atomic mass is 32.2. The predicted molar refractivity (Wildman–Crippen MR) is 106 cm³/mol. The summed E-state index contributed by atoms with van der Waals surface area (Å²) in [6.07, 6.45) is 0.316. The normalized spacial score (nSPS) is 15.6. The summed E-state index contributed by atoms with van der Waals surface area (Å²) in [6, 6.07) is 5.93. The van der Waals surface area contributed by atoms with E-state index in [1.807, 2.05) is 13.8 Å². The van der Waals surface area contributed by atoms with Crippen LogP contribution in [0, 0.1) is 5.92 Å². The van der Waals surface area contributed by atoms with E-state index >= 15 is 0 Å². The summed E-state index contributed by atoms with van der Waals surface area (Å²) in [5, 5.41) is 0. The molecule has 0 saturated carbocycles. The topological polar surface area (TPSA) is 87.2 Å². The van der Waals surface area contributed by atoms with Crippen LogP contribution in [0.3, 0.4) is 0 Å². The molecular formula is C19H29N3O5S. The summed E-state index contributed by atoms with van der Waals surface area (Å²) >= 11 is 0. The molecule has 1 aromatic rings. The summed E-state index contributed by atoms with van der Waals surface area (Å²) in [5.41, 5.74) is 0.425. The molecule has 0 aliphatic carbocycles. The Labute approximate surface area is 167 Å². The number of benzene rings is 1. The maximum absolute atomic E-state index is 12.8. The predicted octanol–water partition coefficient (Wildman–Crippen LogP) is 1.88. The minimum Gasteiger partial charge on any atom is -0.449 e. The second-order valence-electron chi connectivity index (χ2n) is 7.42. The van der Waals surface area contributed by atoms with Crippen molar-refractivity contribution in [2.24, 2.45) is 5.92 Å². The van der Waals surface area contributed by atoms with Gasteiger partial charge >= 0.3 is 6.09 Å². The number of nitrogens with zero attached hydrogens (tertiary/aromatic N) is 3. The van der Waals surface area contributed by atoms with Gasteiger partial charge in [0.15, 0.2) is 0 Å². The van der Waals surface area contributed by atoms with Gasteiger partial charge in [0.05, 0.1) is 11.5 Å². The van der Waals surface area contributed by atoms with Crippen molar-refractivity contribution < 1.29 is 22.7 Å². The molecule has 28 heavy (non-hydrogen) atoms. The van der Waals surface area contributed by atoms with Crippen LogP contribution in [0.25, 0.3) is 0 Å². The summed E-state index contributed by atoms with van der Waals surface area (Å²) < 4.78 is 30.7. The highest BCUT2D eigenvalue weighted by Gasteiger charge is 2.24. The second kappa shape index (κ2) is 9.38. The molecule has 1 saturated heterocycles. The van der Waals surface area contributed by atoms with E-state index in [2.05, 4.69) is 0 Å². The van der Waals surface area contributed by atoms with Crippen molar-refractivity contribution in [3.63, 3.8) is 0 Å². The zero-order chi connectivity index (χ0) is 20.9. The van der Waals surface area contributed by atoms with Crippen molar-refractivity contribution in [2.45, 2.75) is 25.2 Å². The minimum atomic E-state index is -3.53. The number of carbonyl (C=O) groups is 2. The number of carbonyl (C=O) groups excluding carboxylic acids is 2. The molecule has 0 aromatic heterocycles. The molecule has 2 amide bonds. The Hall–Kier alpha value is -2.13. The third-order valence-corrected chi connectivity index (χ3v) is 6.29. The average Bonchev–Trinajstić information content (AvgIpc) is 2.91. The average molecular weight is 412 g/mol. The molecule has 0 unspecified atom stereocenters. The van der Waals surface area contributed by atoms with E-state index in [-0.39, 0.29) is 22.8 Å². The summed E-state index contributed by atoms with van der Waals surface area (Å²) in [6.45, 7) is 6.23. The zero-order valence-electron chi connectivity index (χ0n) is 16.9. The van der Waals surface area contributed by atoms with E-state index in [0.717, 1.165) is 4.31 Å². The van der Waals surface area contributed by atoms with Crippen LogP contribution in [0.15, 0.2) is 29.2 Å². The van der Waals surface area contributed by atoms with E-state index in [1.165, 1.54) is 38.4 Å². The van der Waals surface area contributed by atoms with Crippen LogP contribution in [-0.2, 0) is 14.8 Å². The molecular weight excluding hydrogens is 382 g/mol. The first kappa shape index (κ1) is 22.2. The Morgan fingerprint density at radius 3 is 2.18 bits per heavy atom. The first-order valence-corrected chi connectivity index (χ1v) is 10.8. The lowest BCUT2D eigenvalue weighted by atomic mass is 10.2. The first-order valence-electron chi connectivity index (χ1n) is 9.36. The van der Waals surface area contributed by atoms with Gasteiger partial charge in [0, 0.05) is 45.8 Å². The molecule has 1 aromatic carbocycles. The smallest absolute Gasteiger partial charge is 0.409 e. The molecule has 8 nitrogen and oxygen atoms in total.